The first kappa shape index (κ1) is 25.0. The van der Waals surface area contributed by atoms with Crippen molar-refractivity contribution in [3.63, 3.8) is 0 Å². The van der Waals surface area contributed by atoms with E-state index in [9.17, 15) is 4.79 Å². The zero-order valence-electron chi connectivity index (χ0n) is 20.0. The number of benzene rings is 1. The van der Waals surface area contributed by atoms with Crippen molar-refractivity contribution in [3.8, 4) is 5.75 Å². The standard InChI is InChI=1S/C24H41N5O2/c1-6-29(7-2)16-17-31-21-13-9-8-12-20(21)18-26-23(25-3)27-19-24(14-10-11-15-24)22(30)28(4)5/h8-9,12-13H,6-7,10-11,14-19H2,1-5H3,(H2,25,26,27). The van der Waals surface area contributed by atoms with Crippen LogP contribution in [0.1, 0.15) is 45.1 Å². The first-order chi connectivity index (χ1) is 15.0. The molecule has 0 bridgehead atoms. The first-order valence-electron chi connectivity index (χ1n) is 11.5. The quantitative estimate of drug-likeness (QED) is 0.416. The highest BCUT2D eigenvalue weighted by molar-refractivity contribution is 5.85. The number of amides is 1. The van der Waals surface area contributed by atoms with E-state index in [-0.39, 0.29) is 11.3 Å². The fraction of sp³-hybridized carbons (Fsp3) is 0.667. The number of rotatable bonds is 11. The summed E-state index contributed by atoms with van der Waals surface area (Å²) in [5.41, 5.74) is 0.761. The summed E-state index contributed by atoms with van der Waals surface area (Å²) >= 11 is 0. The van der Waals surface area contributed by atoms with Crippen LogP contribution < -0.4 is 15.4 Å². The number of nitrogens with one attached hydrogen (secondary N) is 2. The number of aliphatic imine (C=N–C) groups is 1. The van der Waals surface area contributed by atoms with Gasteiger partial charge in [0.15, 0.2) is 5.96 Å². The zero-order valence-corrected chi connectivity index (χ0v) is 20.0. The minimum atomic E-state index is -0.327. The van der Waals surface area contributed by atoms with Crippen LogP contribution in [0.5, 0.6) is 5.75 Å². The van der Waals surface area contributed by atoms with E-state index in [4.69, 9.17) is 4.74 Å². The van der Waals surface area contributed by atoms with Gasteiger partial charge >= 0.3 is 0 Å². The minimum absolute atomic E-state index is 0.208. The number of guanidine groups is 1. The monoisotopic (exact) mass is 431 g/mol. The normalized spacial score (nSPS) is 15.7. The Bertz CT molecular complexity index is 710. The molecule has 1 aromatic carbocycles. The second-order valence-corrected chi connectivity index (χ2v) is 8.45. The van der Waals surface area contributed by atoms with Gasteiger partial charge in [-0.05, 0) is 32.0 Å². The Hall–Kier alpha value is -2.28. The Morgan fingerprint density at radius 3 is 2.42 bits per heavy atom. The maximum Gasteiger partial charge on any atom is 0.230 e. The predicted molar refractivity (Wildman–Crippen MR) is 128 cm³/mol. The molecule has 31 heavy (non-hydrogen) atoms. The van der Waals surface area contributed by atoms with Crippen LogP contribution in [-0.2, 0) is 11.3 Å². The average molecular weight is 432 g/mol. The van der Waals surface area contributed by atoms with E-state index in [1.54, 1.807) is 11.9 Å². The maximum atomic E-state index is 12.8. The highest BCUT2D eigenvalue weighted by Gasteiger charge is 2.42. The van der Waals surface area contributed by atoms with Crippen molar-refractivity contribution in [3.05, 3.63) is 29.8 Å². The summed E-state index contributed by atoms with van der Waals surface area (Å²) in [6, 6.07) is 8.10. The lowest BCUT2D eigenvalue weighted by atomic mass is 9.84. The van der Waals surface area contributed by atoms with Crippen LogP contribution in [0.3, 0.4) is 0 Å². The van der Waals surface area contributed by atoms with Gasteiger partial charge < -0.3 is 25.2 Å². The van der Waals surface area contributed by atoms with E-state index in [0.29, 0.717) is 25.7 Å². The van der Waals surface area contributed by atoms with Gasteiger partial charge in [-0.3, -0.25) is 9.79 Å². The maximum absolute atomic E-state index is 12.8. The third-order valence-corrected chi connectivity index (χ3v) is 6.22. The van der Waals surface area contributed by atoms with Crippen LogP contribution >= 0.6 is 0 Å². The van der Waals surface area contributed by atoms with Gasteiger partial charge in [-0.15, -0.1) is 0 Å². The van der Waals surface area contributed by atoms with Gasteiger partial charge in [0.05, 0.1) is 5.41 Å². The molecule has 0 aromatic heterocycles. The van der Waals surface area contributed by atoms with E-state index in [0.717, 1.165) is 56.6 Å². The summed E-state index contributed by atoms with van der Waals surface area (Å²) in [5.74, 6) is 1.81. The van der Waals surface area contributed by atoms with Crippen molar-refractivity contribution in [2.75, 3.05) is 53.9 Å². The number of hydrogen-bond donors (Lipinski definition) is 2. The van der Waals surface area contributed by atoms with Gasteiger partial charge in [-0.1, -0.05) is 44.9 Å². The van der Waals surface area contributed by atoms with Crippen LogP contribution in [-0.4, -0.2) is 75.6 Å². The first-order valence-corrected chi connectivity index (χ1v) is 11.5. The Kier molecular flexibility index (Phi) is 10.1. The summed E-state index contributed by atoms with van der Waals surface area (Å²) < 4.78 is 6.06. The van der Waals surface area contributed by atoms with E-state index in [1.807, 2.05) is 32.3 Å². The lowest BCUT2D eigenvalue weighted by molar-refractivity contribution is -0.138. The summed E-state index contributed by atoms with van der Waals surface area (Å²) in [6.07, 6.45) is 4.06. The zero-order chi connectivity index (χ0) is 22.7. The molecule has 0 aliphatic heterocycles. The lowest BCUT2D eigenvalue weighted by Gasteiger charge is -2.31. The van der Waals surface area contributed by atoms with Gasteiger partial charge in [-0.25, -0.2) is 0 Å². The number of ether oxygens (including phenoxy) is 1. The molecule has 174 valence electrons. The van der Waals surface area contributed by atoms with E-state index in [1.165, 1.54) is 0 Å². The third kappa shape index (κ3) is 7.13. The Morgan fingerprint density at radius 1 is 1.13 bits per heavy atom. The molecule has 0 atom stereocenters. The van der Waals surface area contributed by atoms with Gasteiger partial charge in [0.1, 0.15) is 12.4 Å². The number of hydrogen-bond acceptors (Lipinski definition) is 4. The SMILES string of the molecule is CCN(CC)CCOc1ccccc1CNC(=NC)NCC1(C(=O)N(C)C)CCCC1. The van der Waals surface area contributed by atoms with Crippen LogP contribution in [0.25, 0.3) is 0 Å². The summed E-state index contributed by atoms with van der Waals surface area (Å²) in [4.78, 5) is 21.2. The van der Waals surface area contributed by atoms with Crippen LogP contribution in [0, 0.1) is 5.41 Å². The molecule has 0 spiro atoms. The molecule has 1 fully saturated rings. The fourth-order valence-electron chi connectivity index (χ4n) is 4.26. The molecule has 1 aromatic rings. The topological polar surface area (TPSA) is 69.2 Å². The molecule has 2 N–H and O–H groups in total. The molecular formula is C24H41N5O2. The van der Waals surface area contributed by atoms with Crippen molar-refractivity contribution in [1.29, 1.82) is 0 Å². The highest BCUT2D eigenvalue weighted by Crippen LogP contribution is 2.38. The second-order valence-electron chi connectivity index (χ2n) is 8.45. The number of carbonyl (C=O) groups is 1. The summed E-state index contributed by atoms with van der Waals surface area (Å²) in [6.45, 7) is 9.19. The van der Waals surface area contributed by atoms with E-state index in [2.05, 4.69) is 40.4 Å². The Morgan fingerprint density at radius 2 is 1.81 bits per heavy atom. The highest BCUT2D eigenvalue weighted by atomic mass is 16.5. The van der Waals surface area contributed by atoms with Gasteiger partial charge in [0.2, 0.25) is 5.91 Å². The lowest BCUT2D eigenvalue weighted by Crippen LogP contribution is -2.49. The van der Waals surface area contributed by atoms with Crippen molar-refractivity contribution < 1.29 is 9.53 Å². The molecule has 7 nitrogen and oxygen atoms in total. The Labute approximate surface area is 188 Å². The van der Waals surface area contributed by atoms with Gasteiger partial charge in [-0.2, -0.15) is 0 Å². The Balaban J connectivity index is 1.92. The molecular weight excluding hydrogens is 390 g/mol. The van der Waals surface area contributed by atoms with Crippen molar-refractivity contribution in [2.24, 2.45) is 10.4 Å². The third-order valence-electron chi connectivity index (χ3n) is 6.22. The van der Waals surface area contributed by atoms with E-state index >= 15 is 0 Å². The molecule has 7 heteroatoms. The fourth-order valence-corrected chi connectivity index (χ4v) is 4.26. The molecule has 1 aliphatic carbocycles. The van der Waals surface area contributed by atoms with Crippen molar-refractivity contribution in [2.45, 2.75) is 46.1 Å². The van der Waals surface area contributed by atoms with Crippen molar-refractivity contribution >= 4 is 11.9 Å². The van der Waals surface area contributed by atoms with E-state index < -0.39 is 0 Å². The summed E-state index contributed by atoms with van der Waals surface area (Å²) in [7, 11) is 5.44. The molecule has 1 amide bonds. The minimum Gasteiger partial charge on any atom is -0.492 e. The smallest absolute Gasteiger partial charge is 0.230 e. The largest absolute Gasteiger partial charge is 0.492 e. The van der Waals surface area contributed by atoms with Crippen molar-refractivity contribution in [1.82, 2.24) is 20.4 Å². The number of carbonyl (C=O) groups excluding carboxylic acids is 1. The van der Waals surface area contributed by atoms with Crippen LogP contribution in [0.15, 0.2) is 29.3 Å². The number of para-hydroxylation sites is 1. The molecule has 2 rings (SSSR count). The molecule has 0 unspecified atom stereocenters. The summed E-state index contributed by atoms with van der Waals surface area (Å²) in [5, 5.41) is 6.78. The van der Waals surface area contributed by atoms with Gasteiger partial charge in [0.25, 0.3) is 0 Å². The molecule has 0 heterocycles. The number of nitrogens with zero attached hydrogens (tertiary/aromatic N) is 3. The second kappa shape index (κ2) is 12.5. The molecule has 0 radical (unpaired) electrons. The molecule has 1 saturated carbocycles. The average Bonchev–Trinajstić information content (AvgIpc) is 3.27. The molecule has 1 aliphatic rings. The van der Waals surface area contributed by atoms with Gasteiger partial charge in [0, 0.05) is 46.3 Å². The predicted octanol–water partition coefficient (Wildman–Crippen LogP) is 2.72. The van der Waals surface area contributed by atoms with Crippen LogP contribution in [0.4, 0.5) is 0 Å². The molecule has 0 saturated heterocycles. The number of likely N-dealkylation sites (N-methyl/N-ethyl adjacent to an activating group) is 1. The van der Waals surface area contributed by atoms with Crippen LogP contribution in [0.2, 0.25) is 0 Å².